The Morgan fingerprint density at radius 1 is 1.27 bits per heavy atom. The molecular formula is C20H17N5O5. The molecule has 2 amide bonds. The third-order valence-corrected chi connectivity index (χ3v) is 4.00. The number of nitrogens with one attached hydrogen (secondary N) is 2. The summed E-state index contributed by atoms with van der Waals surface area (Å²) in [6, 6.07) is 12.7. The fraction of sp³-hybridized carbons (Fsp3) is 0.100. The lowest BCUT2D eigenvalue weighted by molar-refractivity contribution is -0.384. The molecule has 1 aliphatic rings. The van der Waals surface area contributed by atoms with Crippen molar-refractivity contribution in [1.82, 2.24) is 10.9 Å². The molecule has 0 saturated heterocycles. The van der Waals surface area contributed by atoms with Gasteiger partial charge in [-0.05, 0) is 30.7 Å². The van der Waals surface area contributed by atoms with Crippen LogP contribution in [0.5, 0.6) is 5.75 Å². The molecule has 0 saturated carbocycles. The van der Waals surface area contributed by atoms with Gasteiger partial charge in [0, 0.05) is 17.7 Å². The fourth-order valence-corrected chi connectivity index (χ4v) is 2.49. The minimum absolute atomic E-state index is 0.0660. The molecule has 152 valence electrons. The van der Waals surface area contributed by atoms with Gasteiger partial charge < -0.3 is 4.74 Å². The van der Waals surface area contributed by atoms with E-state index in [1.54, 1.807) is 43.3 Å². The Kier molecular flexibility index (Phi) is 6.28. The van der Waals surface area contributed by atoms with E-state index in [0.717, 1.165) is 5.56 Å². The fourth-order valence-electron chi connectivity index (χ4n) is 2.49. The van der Waals surface area contributed by atoms with Crippen molar-refractivity contribution in [2.24, 2.45) is 10.2 Å². The Bertz CT molecular complexity index is 1070. The number of amides is 2. The van der Waals surface area contributed by atoms with E-state index < -0.39 is 10.8 Å². The Labute approximate surface area is 171 Å². The van der Waals surface area contributed by atoms with Gasteiger partial charge >= 0.3 is 0 Å². The van der Waals surface area contributed by atoms with Crippen LogP contribution in [0.4, 0.5) is 5.69 Å². The van der Waals surface area contributed by atoms with Crippen molar-refractivity contribution in [3.05, 3.63) is 75.3 Å². The molecule has 0 unspecified atom stereocenters. The molecule has 0 atom stereocenters. The minimum Gasteiger partial charge on any atom is -0.484 e. The van der Waals surface area contributed by atoms with Gasteiger partial charge in [-0.2, -0.15) is 10.2 Å². The zero-order valence-corrected chi connectivity index (χ0v) is 15.9. The number of carbonyl (C=O) groups is 2. The quantitative estimate of drug-likeness (QED) is 0.313. The molecule has 0 aromatic heterocycles. The standard InChI is InChI=1S/C20H17N5O5/c1-13-18(20(27)24-22-13)10-14-5-7-17(8-6-14)30-12-19(26)23-21-11-15-3-2-4-16(9-15)25(28)29/h2-11H,12H2,1H3,(H,23,26)(H,24,27)/b18-10-,21-11+. The van der Waals surface area contributed by atoms with Gasteiger partial charge in [0.15, 0.2) is 6.61 Å². The third-order valence-electron chi connectivity index (χ3n) is 4.00. The monoisotopic (exact) mass is 407 g/mol. The Hall–Kier alpha value is -4.34. The predicted molar refractivity (Wildman–Crippen MR) is 110 cm³/mol. The molecule has 2 aromatic carbocycles. The molecular weight excluding hydrogens is 390 g/mol. The van der Waals surface area contributed by atoms with Crippen LogP contribution in [-0.2, 0) is 9.59 Å². The number of non-ortho nitro benzene ring substituents is 1. The van der Waals surface area contributed by atoms with Crippen molar-refractivity contribution >= 4 is 35.5 Å². The summed E-state index contributed by atoms with van der Waals surface area (Å²) in [5, 5.41) is 18.4. The number of hydrogen-bond donors (Lipinski definition) is 2. The second-order valence-electron chi connectivity index (χ2n) is 6.20. The van der Waals surface area contributed by atoms with Gasteiger partial charge in [0.25, 0.3) is 17.5 Å². The van der Waals surface area contributed by atoms with E-state index in [9.17, 15) is 19.7 Å². The first-order chi connectivity index (χ1) is 14.4. The number of benzene rings is 2. The van der Waals surface area contributed by atoms with Gasteiger partial charge in [-0.1, -0.05) is 24.3 Å². The average molecular weight is 407 g/mol. The number of rotatable bonds is 7. The number of nitrogens with zero attached hydrogens (tertiary/aromatic N) is 3. The summed E-state index contributed by atoms with van der Waals surface area (Å²) in [6.07, 6.45) is 3.01. The summed E-state index contributed by atoms with van der Waals surface area (Å²) in [5.41, 5.74) is 6.98. The normalized spacial score (nSPS) is 14.5. The Morgan fingerprint density at radius 3 is 2.70 bits per heavy atom. The maximum absolute atomic E-state index is 11.8. The van der Waals surface area contributed by atoms with Crippen LogP contribution in [0, 0.1) is 10.1 Å². The molecule has 0 fully saturated rings. The van der Waals surface area contributed by atoms with E-state index in [-0.39, 0.29) is 18.2 Å². The van der Waals surface area contributed by atoms with Crippen LogP contribution < -0.4 is 15.6 Å². The molecule has 30 heavy (non-hydrogen) atoms. The van der Waals surface area contributed by atoms with Gasteiger partial charge in [0.1, 0.15) is 5.75 Å². The van der Waals surface area contributed by atoms with Gasteiger partial charge in [0.2, 0.25) is 0 Å². The van der Waals surface area contributed by atoms with Crippen molar-refractivity contribution in [3.8, 4) is 5.75 Å². The summed E-state index contributed by atoms with van der Waals surface area (Å²) in [5.74, 6) is -0.274. The third kappa shape index (κ3) is 5.35. The molecule has 0 radical (unpaired) electrons. The lowest BCUT2D eigenvalue weighted by atomic mass is 10.1. The van der Waals surface area contributed by atoms with Gasteiger partial charge in [-0.15, -0.1) is 0 Å². The zero-order chi connectivity index (χ0) is 21.5. The Morgan fingerprint density at radius 2 is 2.03 bits per heavy atom. The molecule has 1 heterocycles. The first-order valence-electron chi connectivity index (χ1n) is 8.78. The smallest absolute Gasteiger partial charge is 0.277 e. The molecule has 2 N–H and O–H groups in total. The highest BCUT2D eigenvalue weighted by Gasteiger charge is 2.18. The molecule has 0 bridgehead atoms. The van der Waals surface area contributed by atoms with Crippen LogP contribution >= 0.6 is 0 Å². The van der Waals surface area contributed by atoms with Gasteiger partial charge in [-0.3, -0.25) is 19.7 Å². The SMILES string of the molecule is CC1=NNC(=O)/C1=C\c1ccc(OCC(=O)N/N=C/c2cccc([N+](=O)[O-])c2)cc1. The lowest BCUT2D eigenvalue weighted by Crippen LogP contribution is -2.24. The highest BCUT2D eigenvalue weighted by Crippen LogP contribution is 2.16. The maximum Gasteiger partial charge on any atom is 0.277 e. The first-order valence-corrected chi connectivity index (χ1v) is 8.78. The van der Waals surface area contributed by atoms with Crippen molar-refractivity contribution in [2.45, 2.75) is 6.92 Å². The first kappa shape index (κ1) is 20.4. The topological polar surface area (TPSA) is 135 Å². The van der Waals surface area contributed by atoms with Crippen molar-refractivity contribution in [3.63, 3.8) is 0 Å². The summed E-state index contributed by atoms with van der Waals surface area (Å²) in [7, 11) is 0. The number of hydrogen-bond acceptors (Lipinski definition) is 7. The van der Waals surface area contributed by atoms with E-state index in [1.807, 2.05) is 0 Å². The summed E-state index contributed by atoms with van der Waals surface area (Å²) >= 11 is 0. The van der Waals surface area contributed by atoms with Crippen LogP contribution in [-0.4, -0.2) is 35.3 Å². The van der Waals surface area contributed by atoms with E-state index in [1.165, 1.54) is 24.4 Å². The number of ether oxygens (including phenoxy) is 1. The van der Waals surface area contributed by atoms with Gasteiger partial charge in [0.05, 0.1) is 22.4 Å². The molecule has 10 nitrogen and oxygen atoms in total. The number of hydrazone groups is 2. The van der Waals surface area contributed by atoms with E-state index in [2.05, 4.69) is 21.1 Å². The van der Waals surface area contributed by atoms with Crippen molar-refractivity contribution < 1.29 is 19.2 Å². The highest BCUT2D eigenvalue weighted by atomic mass is 16.6. The summed E-state index contributed by atoms with van der Waals surface area (Å²) in [4.78, 5) is 33.7. The predicted octanol–water partition coefficient (Wildman–Crippen LogP) is 2.01. The van der Waals surface area contributed by atoms with Crippen molar-refractivity contribution in [1.29, 1.82) is 0 Å². The largest absolute Gasteiger partial charge is 0.484 e. The summed E-state index contributed by atoms with van der Waals surface area (Å²) < 4.78 is 5.39. The van der Waals surface area contributed by atoms with Crippen LogP contribution in [0.3, 0.4) is 0 Å². The Balaban J connectivity index is 1.49. The maximum atomic E-state index is 11.8. The molecule has 1 aliphatic heterocycles. The van der Waals surface area contributed by atoms with E-state index in [0.29, 0.717) is 22.6 Å². The van der Waals surface area contributed by atoms with Crippen LogP contribution in [0.2, 0.25) is 0 Å². The van der Waals surface area contributed by atoms with E-state index >= 15 is 0 Å². The summed E-state index contributed by atoms with van der Waals surface area (Å²) in [6.45, 7) is 1.47. The molecule has 10 heteroatoms. The molecule has 0 spiro atoms. The number of carbonyl (C=O) groups excluding carboxylic acids is 2. The number of nitro groups is 1. The second kappa shape index (κ2) is 9.24. The minimum atomic E-state index is -0.511. The van der Waals surface area contributed by atoms with E-state index in [4.69, 9.17) is 4.74 Å². The van der Waals surface area contributed by atoms with Crippen molar-refractivity contribution in [2.75, 3.05) is 6.61 Å². The highest BCUT2D eigenvalue weighted by molar-refractivity contribution is 6.26. The van der Waals surface area contributed by atoms with Crippen LogP contribution in [0.25, 0.3) is 6.08 Å². The number of nitro benzene ring substituents is 1. The van der Waals surface area contributed by atoms with Crippen LogP contribution in [0.1, 0.15) is 18.1 Å². The average Bonchev–Trinajstić information content (AvgIpc) is 3.05. The van der Waals surface area contributed by atoms with Crippen LogP contribution in [0.15, 0.2) is 64.3 Å². The zero-order valence-electron chi connectivity index (χ0n) is 15.9. The second-order valence-corrected chi connectivity index (χ2v) is 6.20. The molecule has 0 aliphatic carbocycles. The molecule has 2 aromatic rings. The molecule has 3 rings (SSSR count). The lowest BCUT2D eigenvalue weighted by Gasteiger charge is -2.05. The van der Waals surface area contributed by atoms with Gasteiger partial charge in [-0.25, -0.2) is 10.9 Å².